The third kappa shape index (κ3) is 4.32. The van der Waals surface area contributed by atoms with Crippen LogP contribution in [-0.4, -0.2) is 49.0 Å². The van der Waals surface area contributed by atoms with Crippen LogP contribution in [0.25, 0.3) is 0 Å². The Morgan fingerprint density at radius 3 is 2.68 bits per heavy atom. The minimum atomic E-state index is -2.91. The van der Waals surface area contributed by atoms with Crippen molar-refractivity contribution in [1.29, 1.82) is 0 Å². The molecule has 6 nitrogen and oxygen atoms in total. The van der Waals surface area contributed by atoms with E-state index in [1.54, 1.807) is 0 Å². The average molecular weight is 326 g/mol. The third-order valence-corrected chi connectivity index (χ3v) is 5.53. The van der Waals surface area contributed by atoms with Gasteiger partial charge in [0, 0.05) is 30.9 Å². The fourth-order valence-corrected chi connectivity index (χ4v) is 4.40. The van der Waals surface area contributed by atoms with Crippen LogP contribution in [0.1, 0.15) is 32.9 Å². The van der Waals surface area contributed by atoms with Crippen molar-refractivity contribution in [3.05, 3.63) is 11.8 Å². The maximum atomic E-state index is 11.7. The molecule has 0 radical (unpaired) electrons. The van der Waals surface area contributed by atoms with Gasteiger partial charge in [-0.1, -0.05) is 13.8 Å². The molecule has 1 unspecified atom stereocenters. The van der Waals surface area contributed by atoms with E-state index in [0.717, 1.165) is 18.1 Å². The lowest BCUT2D eigenvalue weighted by Gasteiger charge is -2.27. The fraction of sp³-hybridized carbons (Fsp3) is 0.733. The smallest absolute Gasteiger partial charge is 0.227 e. The first-order chi connectivity index (χ1) is 10.3. The second kappa shape index (κ2) is 6.81. The summed E-state index contributed by atoms with van der Waals surface area (Å²) in [6, 6.07) is 1.90. The molecule has 1 fully saturated rings. The topological polar surface area (TPSA) is 75.2 Å². The molecule has 124 valence electrons. The van der Waals surface area contributed by atoms with Gasteiger partial charge in [0.15, 0.2) is 9.84 Å². The maximum absolute atomic E-state index is 11.7. The molecule has 7 heteroatoms. The zero-order valence-electron chi connectivity index (χ0n) is 13.8. The molecule has 0 spiro atoms. The van der Waals surface area contributed by atoms with Gasteiger partial charge in [-0.3, -0.25) is 0 Å². The van der Waals surface area contributed by atoms with Crippen LogP contribution in [0.3, 0.4) is 0 Å². The Morgan fingerprint density at radius 2 is 2.14 bits per heavy atom. The fourth-order valence-electron chi connectivity index (χ4n) is 2.66. The van der Waals surface area contributed by atoms with Gasteiger partial charge in [-0.15, -0.1) is 0 Å². The van der Waals surface area contributed by atoms with Gasteiger partial charge in [-0.05, 0) is 26.2 Å². The van der Waals surface area contributed by atoms with E-state index in [1.165, 1.54) is 0 Å². The van der Waals surface area contributed by atoms with Crippen molar-refractivity contribution in [1.82, 2.24) is 9.97 Å². The van der Waals surface area contributed by atoms with Crippen molar-refractivity contribution in [2.45, 2.75) is 40.2 Å². The average Bonchev–Trinajstić information content (AvgIpc) is 2.77. The number of hydrogen-bond acceptors (Lipinski definition) is 6. The predicted octanol–water partition coefficient (Wildman–Crippen LogP) is 1.87. The Kier molecular flexibility index (Phi) is 5.26. The number of anilines is 2. The van der Waals surface area contributed by atoms with Gasteiger partial charge in [0.05, 0.1) is 11.5 Å². The number of hydrogen-bond donors (Lipinski definition) is 1. The van der Waals surface area contributed by atoms with Crippen LogP contribution >= 0.6 is 0 Å². The van der Waals surface area contributed by atoms with E-state index in [4.69, 9.17) is 0 Å². The molecule has 1 aromatic heterocycles. The summed E-state index contributed by atoms with van der Waals surface area (Å²) in [6.45, 7) is 9.78. The van der Waals surface area contributed by atoms with Gasteiger partial charge in [-0.25, -0.2) is 13.4 Å². The van der Waals surface area contributed by atoms with Crippen LogP contribution in [0, 0.1) is 12.8 Å². The summed E-state index contributed by atoms with van der Waals surface area (Å²) in [5.41, 5.74) is 0.885. The Morgan fingerprint density at radius 1 is 1.41 bits per heavy atom. The van der Waals surface area contributed by atoms with Crippen molar-refractivity contribution >= 4 is 21.6 Å². The number of sulfone groups is 1. The summed E-state index contributed by atoms with van der Waals surface area (Å²) in [7, 11) is -2.91. The summed E-state index contributed by atoms with van der Waals surface area (Å²) < 4.78 is 23.4. The van der Waals surface area contributed by atoms with Gasteiger partial charge in [0.25, 0.3) is 0 Å². The minimum Gasteiger partial charge on any atom is -0.370 e. The first kappa shape index (κ1) is 17.0. The SMILES string of the molecule is CCN(c1nc(C)cc(NCC(C)C)n1)C1CCS(=O)(=O)C1. The lowest BCUT2D eigenvalue weighted by atomic mass is 10.2. The van der Waals surface area contributed by atoms with Gasteiger partial charge in [0.2, 0.25) is 5.95 Å². The molecule has 0 amide bonds. The van der Waals surface area contributed by atoms with Crippen LogP contribution in [0.4, 0.5) is 11.8 Å². The molecule has 1 saturated heterocycles. The summed E-state index contributed by atoms with van der Waals surface area (Å²) in [5, 5.41) is 3.32. The first-order valence-electron chi connectivity index (χ1n) is 7.87. The van der Waals surface area contributed by atoms with Crippen LogP contribution in [0.15, 0.2) is 6.07 Å². The van der Waals surface area contributed by atoms with E-state index in [9.17, 15) is 8.42 Å². The number of rotatable bonds is 6. The van der Waals surface area contributed by atoms with E-state index in [2.05, 4.69) is 29.1 Å². The molecular formula is C15H26N4O2S. The molecule has 1 aromatic rings. The van der Waals surface area contributed by atoms with Crippen molar-refractivity contribution in [2.24, 2.45) is 5.92 Å². The molecule has 2 rings (SSSR count). The predicted molar refractivity (Wildman–Crippen MR) is 90.2 cm³/mol. The number of nitrogens with zero attached hydrogens (tertiary/aromatic N) is 3. The van der Waals surface area contributed by atoms with Crippen molar-refractivity contribution < 1.29 is 8.42 Å². The second-order valence-corrected chi connectivity index (χ2v) is 8.54. The molecular weight excluding hydrogens is 300 g/mol. The van der Waals surface area contributed by atoms with E-state index in [-0.39, 0.29) is 17.5 Å². The monoisotopic (exact) mass is 326 g/mol. The lowest BCUT2D eigenvalue weighted by molar-refractivity contribution is 0.599. The lowest BCUT2D eigenvalue weighted by Crippen LogP contribution is -2.37. The molecule has 1 atom stereocenters. The van der Waals surface area contributed by atoms with E-state index >= 15 is 0 Å². The zero-order chi connectivity index (χ0) is 16.3. The quantitative estimate of drug-likeness (QED) is 0.860. The summed E-state index contributed by atoms with van der Waals surface area (Å²) in [6.07, 6.45) is 0.655. The van der Waals surface area contributed by atoms with Crippen LogP contribution in [-0.2, 0) is 9.84 Å². The van der Waals surface area contributed by atoms with Crippen LogP contribution in [0.2, 0.25) is 0 Å². The Bertz CT molecular complexity index is 616. The summed E-state index contributed by atoms with van der Waals surface area (Å²) in [4.78, 5) is 11.1. The van der Waals surface area contributed by atoms with E-state index in [1.807, 2.05) is 24.8 Å². The number of nitrogens with one attached hydrogen (secondary N) is 1. The van der Waals surface area contributed by atoms with Gasteiger partial charge >= 0.3 is 0 Å². The van der Waals surface area contributed by atoms with Gasteiger partial charge in [0.1, 0.15) is 5.82 Å². The standard InChI is InChI=1S/C15H26N4O2S/c1-5-19(13-6-7-22(20,21)10-13)15-17-12(4)8-14(18-15)16-9-11(2)3/h8,11,13H,5-7,9-10H2,1-4H3,(H,16,17,18). The zero-order valence-corrected chi connectivity index (χ0v) is 14.7. The van der Waals surface area contributed by atoms with Gasteiger partial charge in [-0.2, -0.15) is 4.98 Å². The molecule has 1 N–H and O–H groups in total. The van der Waals surface area contributed by atoms with Gasteiger partial charge < -0.3 is 10.2 Å². The number of aryl methyl sites for hydroxylation is 1. The summed E-state index contributed by atoms with van der Waals surface area (Å²) >= 11 is 0. The highest BCUT2D eigenvalue weighted by Gasteiger charge is 2.33. The molecule has 0 aromatic carbocycles. The number of aromatic nitrogens is 2. The van der Waals surface area contributed by atoms with Crippen molar-refractivity contribution in [2.75, 3.05) is 34.8 Å². The highest BCUT2D eigenvalue weighted by molar-refractivity contribution is 7.91. The molecule has 0 bridgehead atoms. The molecule has 1 aliphatic heterocycles. The normalized spacial score (nSPS) is 20.3. The molecule has 22 heavy (non-hydrogen) atoms. The third-order valence-electron chi connectivity index (χ3n) is 3.78. The maximum Gasteiger partial charge on any atom is 0.227 e. The minimum absolute atomic E-state index is 0.0188. The molecule has 1 aliphatic rings. The van der Waals surface area contributed by atoms with E-state index in [0.29, 0.717) is 24.8 Å². The summed E-state index contributed by atoms with van der Waals surface area (Å²) in [5.74, 6) is 2.41. The molecule has 0 aliphatic carbocycles. The van der Waals surface area contributed by atoms with Crippen LogP contribution < -0.4 is 10.2 Å². The largest absolute Gasteiger partial charge is 0.370 e. The highest BCUT2D eigenvalue weighted by Crippen LogP contribution is 2.23. The highest BCUT2D eigenvalue weighted by atomic mass is 32.2. The first-order valence-corrected chi connectivity index (χ1v) is 9.69. The van der Waals surface area contributed by atoms with E-state index < -0.39 is 9.84 Å². The molecule has 2 heterocycles. The Hall–Kier alpha value is -1.37. The Balaban J connectivity index is 2.21. The van der Waals surface area contributed by atoms with Crippen LogP contribution in [0.5, 0.6) is 0 Å². The molecule has 0 saturated carbocycles. The Labute approximate surface area is 133 Å². The second-order valence-electron chi connectivity index (χ2n) is 6.31. The van der Waals surface area contributed by atoms with Crippen molar-refractivity contribution in [3.63, 3.8) is 0 Å². The van der Waals surface area contributed by atoms with Crippen molar-refractivity contribution in [3.8, 4) is 0 Å².